The van der Waals surface area contributed by atoms with Gasteiger partial charge >= 0.3 is 0 Å². The summed E-state index contributed by atoms with van der Waals surface area (Å²) in [6.07, 6.45) is 10.3. The first-order chi connectivity index (χ1) is 15.0. The molecule has 6 heteroatoms. The van der Waals surface area contributed by atoms with Crippen molar-refractivity contribution in [3.63, 3.8) is 0 Å². The second kappa shape index (κ2) is 9.70. The fraction of sp³-hybridized carbons (Fsp3) is 0.680. The molecule has 1 aliphatic carbocycles. The maximum Gasteiger partial charge on any atom is 0.244 e. The second-order valence-corrected chi connectivity index (χ2v) is 9.99. The summed E-state index contributed by atoms with van der Waals surface area (Å²) in [7, 11) is 1.80. The van der Waals surface area contributed by atoms with Gasteiger partial charge in [-0.25, -0.2) is 0 Å². The van der Waals surface area contributed by atoms with Gasteiger partial charge in [0.05, 0.1) is 6.42 Å². The molecule has 0 bridgehead atoms. The van der Waals surface area contributed by atoms with Crippen molar-refractivity contribution < 1.29 is 9.59 Å². The molecule has 0 radical (unpaired) electrons. The number of hydrogen-bond donors (Lipinski definition) is 2. The molecule has 2 heterocycles. The Kier molecular flexibility index (Phi) is 6.97. The van der Waals surface area contributed by atoms with Crippen LogP contribution >= 0.6 is 0 Å². The molecule has 1 unspecified atom stereocenters. The summed E-state index contributed by atoms with van der Waals surface area (Å²) in [5.41, 5.74) is 6.70. The second-order valence-electron chi connectivity index (χ2n) is 9.99. The molecule has 3 fully saturated rings. The van der Waals surface area contributed by atoms with E-state index in [1.807, 2.05) is 35.2 Å². The van der Waals surface area contributed by atoms with Crippen LogP contribution in [0.15, 0.2) is 30.3 Å². The molecule has 2 amide bonds. The Morgan fingerprint density at radius 2 is 1.87 bits per heavy atom. The largest absolute Gasteiger partial charge is 0.342 e. The normalized spacial score (nSPS) is 29.7. The number of likely N-dealkylation sites (N-methyl/N-ethyl adjacent to an activating group) is 1. The Labute approximate surface area is 186 Å². The van der Waals surface area contributed by atoms with Gasteiger partial charge in [-0.3, -0.25) is 20.6 Å². The molecule has 3 atom stereocenters. The number of benzene rings is 1. The van der Waals surface area contributed by atoms with E-state index in [4.69, 9.17) is 5.73 Å². The number of nitrogens with zero attached hydrogens (tertiary/aromatic N) is 2. The molecule has 6 nitrogen and oxygen atoms in total. The molecule has 3 N–H and O–H groups in total. The number of amides is 2. The van der Waals surface area contributed by atoms with Crippen LogP contribution in [0.2, 0.25) is 0 Å². The summed E-state index contributed by atoms with van der Waals surface area (Å²) in [6.45, 7) is 1.52. The highest BCUT2D eigenvalue weighted by atomic mass is 16.2. The monoisotopic (exact) mass is 426 g/mol. The maximum atomic E-state index is 13.3. The van der Waals surface area contributed by atoms with Crippen molar-refractivity contribution in [3.8, 4) is 0 Å². The average Bonchev–Trinajstić information content (AvgIpc) is 3.33. The summed E-state index contributed by atoms with van der Waals surface area (Å²) in [5.74, 6) is 1.38. The number of likely N-dealkylation sites (tertiary alicyclic amines) is 1. The Balaban J connectivity index is 1.38. The molecule has 2 saturated heterocycles. The Morgan fingerprint density at radius 3 is 2.55 bits per heavy atom. The van der Waals surface area contributed by atoms with Crippen LogP contribution in [-0.4, -0.2) is 53.6 Å². The van der Waals surface area contributed by atoms with Crippen molar-refractivity contribution in [2.24, 2.45) is 17.6 Å². The predicted octanol–water partition coefficient (Wildman–Crippen LogP) is 2.87. The van der Waals surface area contributed by atoms with E-state index >= 15 is 0 Å². The van der Waals surface area contributed by atoms with Gasteiger partial charge in [0.25, 0.3) is 0 Å². The summed E-state index contributed by atoms with van der Waals surface area (Å²) >= 11 is 0. The van der Waals surface area contributed by atoms with Gasteiger partial charge in [0.15, 0.2) is 0 Å². The van der Waals surface area contributed by atoms with Gasteiger partial charge in [-0.05, 0) is 43.1 Å². The van der Waals surface area contributed by atoms with Crippen LogP contribution in [0, 0.1) is 11.8 Å². The van der Waals surface area contributed by atoms with Crippen molar-refractivity contribution in [2.75, 3.05) is 20.1 Å². The predicted molar refractivity (Wildman–Crippen MR) is 122 cm³/mol. The summed E-state index contributed by atoms with van der Waals surface area (Å²) in [6, 6.07) is 9.93. The third kappa shape index (κ3) is 5.12. The third-order valence-electron chi connectivity index (χ3n) is 7.75. The van der Waals surface area contributed by atoms with Crippen LogP contribution in [0.1, 0.15) is 63.4 Å². The van der Waals surface area contributed by atoms with E-state index in [0.29, 0.717) is 12.3 Å². The lowest BCUT2D eigenvalue weighted by molar-refractivity contribution is -0.133. The summed E-state index contributed by atoms with van der Waals surface area (Å²) in [5, 5.41) is 3.47. The minimum Gasteiger partial charge on any atom is -0.342 e. The molecule has 0 aromatic heterocycles. The SMILES string of the molecule is CN1C(=O)[C@](CCC2CCCCC2)(C[C@H]2CCN(C(=O)Cc3ccccc3)C2)NC1N. The van der Waals surface area contributed by atoms with Crippen molar-refractivity contribution in [2.45, 2.75) is 76.0 Å². The van der Waals surface area contributed by atoms with Crippen molar-refractivity contribution in [1.82, 2.24) is 15.1 Å². The quantitative estimate of drug-likeness (QED) is 0.703. The Morgan fingerprint density at radius 1 is 1.13 bits per heavy atom. The summed E-state index contributed by atoms with van der Waals surface area (Å²) < 4.78 is 0. The molecule has 31 heavy (non-hydrogen) atoms. The average molecular weight is 427 g/mol. The standard InChI is InChI=1S/C25H38N4O2/c1-28-23(31)25(27-24(28)26,14-12-19-8-4-2-5-9-19)17-21-13-15-29(18-21)22(30)16-20-10-6-3-7-11-20/h3,6-7,10-11,19,21,24,27H,2,4-5,8-9,12-18,26H2,1H3/t21-,24?,25+/m1/s1. The third-order valence-corrected chi connectivity index (χ3v) is 7.75. The zero-order chi connectivity index (χ0) is 21.8. The zero-order valence-electron chi connectivity index (χ0n) is 18.9. The van der Waals surface area contributed by atoms with E-state index < -0.39 is 11.8 Å². The Hall–Kier alpha value is -1.92. The minimum atomic E-state index is -0.575. The minimum absolute atomic E-state index is 0.130. The Bertz CT molecular complexity index is 764. The van der Waals surface area contributed by atoms with Gasteiger partial charge in [-0.15, -0.1) is 0 Å². The molecule has 1 aromatic rings. The molecule has 0 spiro atoms. The molecular formula is C25H38N4O2. The lowest BCUT2D eigenvalue weighted by Gasteiger charge is -2.32. The smallest absolute Gasteiger partial charge is 0.244 e. The van der Waals surface area contributed by atoms with Gasteiger partial charge in [0.1, 0.15) is 11.8 Å². The molecule has 2 aliphatic heterocycles. The zero-order valence-corrected chi connectivity index (χ0v) is 18.9. The number of carbonyl (C=O) groups excluding carboxylic acids is 2. The molecule has 170 valence electrons. The van der Waals surface area contributed by atoms with Crippen LogP contribution in [0.5, 0.6) is 0 Å². The molecule has 3 aliphatic rings. The highest BCUT2D eigenvalue weighted by Gasteiger charge is 2.50. The van der Waals surface area contributed by atoms with Gasteiger partial charge in [0.2, 0.25) is 11.8 Å². The van der Waals surface area contributed by atoms with E-state index in [1.54, 1.807) is 11.9 Å². The lowest BCUT2D eigenvalue weighted by Crippen LogP contribution is -2.51. The molecule has 4 rings (SSSR count). The van der Waals surface area contributed by atoms with Crippen molar-refractivity contribution >= 4 is 11.8 Å². The first-order valence-electron chi connectivity index (χ1n) is 12.1. The highest BCUT2D eigenvalue weighted by Crippen LogP contribution is 2.37. The molecule has 1 saturated carbocycles. The van der Waals surface area contributed by atoms with Crippen LogP contribution in [0.4, 0.5) is 0 Å². The number of carbonyl (C=O) groups is 2. The maximum absolute atomic E-state index is 13.3. The lowest BCUT2D eigenvalue weighted by atomic mass is 9.78. The van der Waals surface area contributed by atoms with E-state index in [-0.39, 0.29) is 11.8 Å². The van der Waals surface area contributed by atoms with Crippen molar-refractivity contribution in [1.29, 1.82) is 0 Å². The topological polar surface area (TPSA) is 78.7 Å². The van der Waals surface area contributed by atoms with Crippen LogP contribution in [0.25, 0.3) is 0 Å². The molecular weight excluding hydrogens is 388 g/mol. The van der Waals surface area contributed by atoms with E-state index in [1.165, 1.54) is 32.1 Å². The van der Waals surface area contributed by atoms with Gasteiger partial charge < -0.3 is 9.80 Å². The summed E-state index contributed by atoms with van der Waals surface area (Å²) in [4.78, 5) is 29.7. The van der Waals surface area contributed by atoms with Crippen LogP contribution in [-0.2, 0) is 16.0 Å². The van der Waals surface area contributed by atoms with Gasteiger partial charge in [-0.2, -0.15) is 0 Å². The fourth-order valence-corrected chi connectivity index (χ4v) is 5.86. The van der Waals surface area contributed by atoms with Crippen LogP contribution < -0.4 is 11.1 Å². The van der Waals surface area contributed by atoms with Crippen LogP contribution in [0.3, 0.4) is 0 Å². The number of nitrogens with two attached hydrogens (primary N) is 1. The number of rotatable bonds is 7. The van der Waals surface area contributed by atoms with Gasteiger partial charge in [0, 0.05) is 20.1 Å². The van der Waals surface area contributed by atoms with E-state index in [0.717, 1.165) is 50.3 Å². The van der Waals surface area contributed by atoms with Crippen molar-refractivity contribution in [3.05, 3.63) is 35.9 Å². The fourth-order valence-electron chi connectivity index (χ4n) is 5.86. The van der Waals surface area contributed by atoms with E-state index in [9.17, 15) is 9.59 Å². The number of nitrogens with one attached hydrogen (secondary N) is 1. The van der Waals surface area contributed by atoms with Gasteiger partial charge in [-0.1, -0.05) is 62.4 Å². The van der Waals surface area contributed by atoms with E-state index in [2.05, 4.69) is 5.32 Å². The first-order valence-corrected chi connectivity index (χ1v) is 12.1. The highest BCUT2D eigenvalue weighted by molar-refractivity contribution is 5.88. The number of hydrogen-bond acceptors (Lipinski definition) is 4. The molecule has 1 aromatic carbocycles. The first kappa shape index (κ1) is 22.3.